The molecule has 3 heterocycles. The van der Waals surface area contributed by atoms with Crippen LogP contribution in [-0.4, -0.2) is 0 Å². The molecule has 52 heavy (non-hydrogen) atoms. The van der Waals surface area contributed by atoms with Crippen LogP contribution in [0.15, 0.2) is 185 Å². The van der Waals surface area contributed by atoms with Crippen LogP contribution in [0.5, 0.6) is 0 Å². The molecule has 0 fully saturated rings. The molecule has 0 spiro atoms. The molecule has 3 nitrogen and oxygen atoms in total. The summed E-state index contributed by atoms with van der Waals surface area (Å²) in [7, 11) is 0. The maximum Gasteiger partial charge on any atom is 0.137 e. The third-order valence-electron chi connectivity index (χ3n) is 10.3. The van der Waals surface area contributed by atoms with Crippen LogP contribution >= 0.6 is 11.3 Å². The van der Waals surface area contributed by atoms with Crippen molar-refractivity contribution in [2.24, 2.45) is 0 Å². The van der Waals surface area contributed by atoms with Crippen LogP contribution < -0.4 is 4.90 Å². The van der Waals surface area contributed by atoms with Crippen LogP contribution in [0, 0.1) is 0 Å². The Labute approximate surface area is 303 Å². The van der Waals surface area contributed by atoms with Crippen molar-refractivity contribution >= 4 is 92.4 Å². The predicted octanol–water partition coefficient (Wildman–Crippen LogP) is 14.7. The third-order valence-corrected chi connectivity index (χ3v) is 11.5. The van der Waals surface area contributed by atoms with E-state index in [-0.39, 0.29) is 0 Å². The molecule has 244 valence electrons. The van der Waals surface area contributed by atoms with Crippen molar-refractivity contribution in [3.63, 3.8) is 0 Å². The minimum absolute atomic E-state index is 0.852. The lowest BCUT2D eigenvalue weighted by atomic mass is 9.92. The number of furan rings is 2. The first kappa shape index (κ1) is 29.1. The van der Waals surface area contributed by atoms with Crippen LogP contribution in [0.3, 0.4) is 0 Å². The van der Waals surface area contributed by atoms with Crippen LogP contribution in [-0.2, 0) is 0 Å². The fourth-order valence-corrected chi connectivity index (χ4v) is 9.11. The summed E-state index contributed by atoms with van der Waals surface area (Å²) in [6.45, 7) is 0. The van der Waals surface area contributed by atoms with E-state index in [1.54, 1.807) is 0 Å². The zero-order valence-corrected chi connectivity index (χ0v) is 28.7. The van der Waals surface area contributed by atoms with Crippen molar-refractivity contribution in [1.82, 2.24) is 0 Å². The van der Waals surface area contributed by atoms with Crippen LogP contribution in [0.25, 0.3) is 86.3 Å². The first-order valence-corrected chi connectivity index (χ1v) is 18.3. The zero-order valence-electron chi connectivity index (χ0n) is 27.9. The van der Waals surface area contributed by atoms with Gasteiger partial charge in [-0.3, -0.25) is 0 Å². The van der Waals surface area contributed by atoms with E-state index in [0.717, 1.165) is 66.5 Å². The molecule has 0 atom stereocenters. The van der Waals surface area contributed by atoms with Gasteiger partial charge in [-0.2, -0.15) is 0 Å². The van der Waals surface area contributed by atoms with Crippen LogP contribution in [0.2, 0.25) is 0 Å². The van der Waals surface area contributed by atoms with Gasteiger partial charge < -0.3 is 13.7 Å². The van der Waals surface area contributed by atoms with Crippen LogP contribution in [0.1, 0.15) is 0 Å². The summed E-state index contributed by atoms with van der Waals surface area (Å²) < 4.78 is 15.4. The fourth-order valence-electron chi connectivity index (χ4n) is 7.88. The van der Waals surface area contributed by atoms with Gasteiger partial charge in [-0.15, -0.1) is 11.3 Å². The highest BCUT2D eigenvalue weighted by Gasteiger charge is 2.21. The Kier molecular flexibility index (Phi) is 6.42. The molecule has 4 heteroatoms. The van der Waals surface area contributed by atoms with Gasteiger partial charge in [0.1, 0.15) is 22.3 Å². The van der Waals surface area contributed by atoms with E-state index < -0.39 is 0 Å². The first-order valence-electron chi connectivity index (χ1n) is 17.5. The molecule has 8 aromatic carbocycles. The lowest BCUT2D eigenvalue weighted by Gasteiger charge is -2.27. The van der Waals surface area contributed by atoms with E-state index in [4.69, 9.17) is 8.83 Å². The molecule has 0 saturated heterocycles. The van der Waals surface area contributed by atoms with Gasteiger partial charge in [-0.05, 0) is 71.3 Å². The second-order valence-corrected chi connectivity index (χ2v) is 14.3. The minimum Gasteiger partial charge on any atom is -0.456 e. The lowest BCUT2D eigenvalue weighted by Crippen LogP contribution is -2.10. The molecular formula is C48H29NO2S. The molecule has 0 aliphatic rings. The summed E-state index contributed by atoms with van der Waals surface area (Å²) in [6.07, 6.45) is 0. The summed E-state index contributed by atoms with van der Waals surface area (Å²) in [5, 5.41) is 7.03. The lowest BCUT2D eigenvalue weighted by molar-refractivity contribution is 0.669. The molecule has 0 unspecified atom stereocenters. The summed E-state index contributed by atoms with van der Waals surface area (Å²) in [5.41, 5.74) is 11.3. The molecule has 0 amide bonds. The van der Waals surface area contributed by atoms with Gasteiger partial charge in [0, 0.05) is 76.5 Å². The standard InChI is InChI=1S/C48H29NO2S/c1-2-11-30(12-3-1)42-27-31(21-24-34(42)40-16-10-17-41-39-15-6-9-20-47(39)52-48(40)41)49(32-22-25-37-35-13-4-7-18-43(35)50-45(37)28-32)33-23-26-38-36-14-5-8-19-44(36)51-46(38)29-33/h1-29H. The number of para-hydroxylation sites is 2. The molecule has 3 aromatic heterocycles. The van der Waals surface area contributed by atoms with E-state index >= 15 is 0 Å². The molecule has 11 rings (SSSR count). The molecule has 0 aliphatic heterocycles. The Morgan fingerprint density at radius 1 is 0.346 bits per heavy atom. The maximum atomic E-state index is 6.42. The Morgan fingerprint density at radius 3 is 1.58 bits per heavy atom. The number of hydrogen-bond acceptors (Lipinski definition) is 4. The topological polar surface area (TPSA) is 29.5 Å². The summed E-state index contributed by atoms with van der Waals surface area (Å²) in [4.78, 5) is 2.31. The Balaban J connectivity index is 1.16. The van der Waals surface area contributed by atoms with E-state index in [9.17, 15) is 0 Å². The number of fused-ring (bicyclic) bond motifs is 9. The third kappa shape index (κ3) is 4.51. The second-order valence-electron chi connectivity index (χ2n) is 13.3. The quantitative estimate of drug-likeness (QED) is 0.181. The van der Waals surface area contributed by atoms with Gasteiger partial charge in [0.15, 0.2) is 0 Å². The normalized spacial score (nSPS) is 11.8. The van der Waals surface area contributed by atoms with Crippen LogP contribution in [0.4, 0.5) is 17.1 Å². The first-order chi connectivity index (χ1) is 25.8. The maximum absolute atomic E-state index is 6.42. The molecule has 0 aliphatic carbocycles. The molecule has 0 radical (unpaired) electrons. The predicted molar refractivity (Wildman–Crippen MR) is 219 cm³/mol. The molecule has 0 N–H and O–H groups in total. The van der Waals surface area contributed by atoms with Gasteiger partial charge in [-0.25, -0.2) is 0 Å². The van der Waals surface area contributed by atoms with E-state index in [1.807, 2.05) is 35.6 Å². The highest BCUT2D eigenvalue weighted by molar-refractivity contribution is 7.26. The van der Waals surface area contributed by atoms with E-state index in [2.05, 4.69) is 157 Å². The number of rotatable bonds is 5. The van der Waals surface area contributed by atoms with Gasteiger partial charge in [0.2, 0.25) is 0 Å². The SMILES string of the molecule is c1ccc(-c2cc(N(c3ccc4c(c3)oc3ccccc34)c3ccc4c(c3)oc3ccccc34)ccc2-c2cccc3c2sc2ccccc23)cc1. The molecule has 0 bridgehead atoms. The average molecular weight is 684 g/mol. The summed E-state index contributed by atoms with van der Waals surface area (Å²) >= 11 is 1.87. The average Bonchev–Trinajstić information content (AvgIpc) is 3.89. The smallest absolute Gasteiger partial charge is 0.137 e. The second kappa shape index (κ2) is 11.5. The molecule has 0 saturated carbocycles. The number of benzene rings is 8. The zero-order chi connectivity index (χ0) is 34.2. The monoisotopic (exact) mass is 683 g/mol. The van der Waals surface area contributed by atoms with Crippen molar-refractivity contribution in [2.75, 3.05) is 4.90 Å². The fraction of sp³-hybridized carbons (Fsp3) is 0. The van der Waals surface area contributed by atoms with Crippen molar-refractivity contribution in [3.05, 3.63) is 176 Å². The van der Waals surface area contributed by atoms with Gasteiger partial charge in [0.05, 0.1) is 0 Å². The Morgan fingerprint density at radius 2 is 0.885 bits per heavy atom. The number of thiophene rings is 1. The highest BCUT2D eigenvalue weighted by Crippen LogP contribution is 2.46. The Hall–Kier alpha value is -6.62. The number of nitrogens with zero attached hydrogens (tertiary/aromatic N) is 1. The molecule has 11 aromatic rings. The summed E-state index contributed by atoms with van der Waals surface area (Å²) in [5.74, 6) is 0. The number of hydrogen-bond donors (Lipinski definition) is 0. The number of anilines is 3. The van der Waals surface area contributed by atoms with Gasteiger partial charge in [0.25, 0.3) is 0 Å². The van der Waals surface area contributed by atoms with Crippen molar-refractivity contribution in [1.29, 1.82) is 0 Å². The summed E-state index contributed by atoms with van der Waals surface area (Å²) in [6, 6.07) is 62.6. The van der Waals surface area contributed by atoms with Gasteiger partial charge >= 0.3 is 0 Å². The van der Waals surface area contributed by atoms with Crippen molar-refractivity contribution < 1.29 is 8.83 Å². The minimum atomic E-state index is 0.852. The molecular weight excluding hydrogens is 655 g/mol. The largest absolute Gasteiger partial charge is 0.456 e. The highest BCUT2D eigenvalue weighted by atomic mass is 32.1. The van der Waals surface area contributed by atoms with Crippen molar-refractivity contribution in [3.8, 4) is 22.3 Å². The van der Waals surface area contributed by atoms with Crippen molar-refractivity contribution in [2.45, 2.75) is 0 Å². The van der Waals surface area contributed by atoms with E-state index in [1.165, 1.54) is 36.9 Å². The van der Waals surface area contributed by atoms with E-state index in [0.29, 0.717) is 0 Å². The Bertz CT molecular complexity index is 3030. The van der Waals surface area contributed by atoms with Gasteiger partial charge in [-0.1, -0.05) is 109 Å².